The first-order chi connectivity index (χ1) is 9.97. The molecule has 6 nitrogen and oxygen atoms in total. The van der Waals surface area contributed by atoms with Crippen LogP contribution in [0.25, 0.3) is 0 Å². The van der Waals surface area contributed by atoms with Crippen LogP contribution >= 0.6 is 11.6 Å². The fourth-order valence-electron chi connectivity index (χ4n) is 1.61. The predicted octanol–water partition coefficient (Wildman–Crippen LogP) is 1.81. The van der Waals surface area contributed by atoms with E-state index in [-0.39, 0.29) is 28.2 Å². The molecule has 0 radical (unpaired) electrons. The summed E-state index contributed by atoms with van der Waals surface area (Å²) < 4.78 is 13.7. The van der Waals surface area contributed by atoms with E-state index in [4.69, 9.17) is 28.8 Å². The highest BCUT2D eigenvalue weighted by Crippen LogP contribution is 2.17. The average molecular weight is 307 g/mol. The van der Waals surface area contributed by atoms with Crippen molar-refractivity contribution in [2.24, 2.45) is 21.5 Å². The third kappa shape index (κ3) is 3.67. The van der Waals surface area contributed by atoms with Crippen molar-refractivity contribution < 1.29 is 4.39 Å². The van der Waals surface area contributed by atoms with Crippen molar-refractivity contribution in [2.45, 2.75) is 0 Å². The van der Waals surface area contributed by atoms with Gasteiger partial charge in [-0.3, -0.25) is 0 Å². The van der Waals surface area contributed by atoms with Gasteiger partial charge >= 0.3 is 0 Å². The van der Waals surface area contributed by atoms with Gasteiger partial charge in [-0.2, -0.15) is 4.99 Å². The maximum atomic E-state index is 13.7. The Morgan fingerprint density at radius 2 is 2.00 bits per heavy atom. The molecule has 0 spiro atoms. The Balaban J connectivity index is 2.34. The van der Waals surface area contributed by atoms with Crippen molar-refractivity contribution >= 4 is 34.8 Å². The summed E-state index contributed by atoms with van der Waals surface area (Å²) in [5.41, 5.74) is 17.6. The lowest BCUT2D eigenvalue weighted by molar-refractivity contribution is 0.626. The van der Waals surface area contributed by atoms with Crippen molar-refractivity contribution in [1.29, 1.82) is 0 Å². The summed E-state index contributed by atoms with van der Waals surface area (Å²) in [4.78, 5) is 11.6. The Bertz CT molecular complexity index is 708. The molecule has 0 aliphatic carbocycles. The Morgan fingerprint density at radius 1 is 1.24 bits per heavy atom. The summed E-state index contributed by atoms with van der Waals surface area (Å²) >= 11 is 5.72. The van der Waals surface area contributed by atoms with Gasteiger partial charge in [-0.25, -0.2) is 14.4 Å². The minimum absolute atomic E-state index is 0.0107. The first kappa shape index (κ1) is 14.7. The fraction of sp³-hybridized carbons (Fsp3) is 0. The molecular weight excluding hydrogens is 295 g/mol. The Kier molecular flexibility index (Phi) is 4.34. The van der Waals surface area contributed by atoms with E-state index >= 15 is 0 Å². The van der Waals surface area contributed by atoms with Gasteiger partial charge in [0.15, 0.2) is 0 Å². The van der Waals surface area contributed by atoms with Gasteiger partial charge in [-0.15, -0.1) is 0 Å². The number of hydrogen-bond acceptors (Lipinski definition) is 3. The van der Waals surface area contributed by atoms with Crippen LogP contribution in [0.15, 0.2) is 46.5 Å². The maximum absolute atomic E-state index is 13.7. The largest absolute Gasteiger partial charge is 0.398 e. The number of pyridine rings is 1. The monoisotopic (exact) mass is 306 g/mol. The lowest BCUT2D eigenvalue weighted by Gasteiger charge is -2.06. The summed E-state index contributed by atoms with van der Waals surface area (Å²) in [5, 5.41) is 0.263. The molecule has 0 aliphatic rings. The smallest absolute Gasteiger partial charge is 0.222 e. The number of amidine groups is 1. The van der Waals surface area contributed by atoms with Crippen LogP contribution in [0.1, 0.15) is 5.56 Å². The summed E-state index contributed by atoms with van der Waals surface area (Å²) in [6.07, 6.45) is 1.47. The number of hydrogen-bond donors (Lipinski definition) is 3. The molecule has 0 fully saturated rings. The zero-order chi connectivity index (χ0) is 15.4. The van der Waals surface area contributed by atoms with E-state index in [1.165, 1.54) is 30.5 Å². The van der Waals surface area contributed by atoms with Gasteiger partial charge in [0.1, 0.15) is 16.8 Å². The molecule has 0 amide bonds. The molecule has 1 aromatic carbocycles. The minimum Gasteiger partial charge on any atom is -0.398 e. The number of nitrogens with zero attached hydrogens (tertiary/aromatic N) is 3. The van der Waals surface area contributed by atoms with Crippen LogP contribution < -0.4 is 17.2 Å². The van der Waals surface area contributed by atoms with Gasteiger partial charge < -0.3 is 17.2 Å². The highest BCUT2D eigenvalue weighted by atomic mass is 35.5. The van der Waals surface area contributed by atoms with Gasteiger partial charge in [0.2, 0.25) is 5.96 Å². The average Bonchev–Trinajstić information content (AvgIpc) is 2.38. The van der Waals surface area contributed by atoms with E-state index in [0.717, 1.165) is 0 Å². The van der Waals surface area contributed by atoms with Crippen LogP contribution in [0.2, 0.25) is 5.15 Å². The molecule has 0 saturated carbocycles. The van der Waals surface area contributed by atoms with Gasteiger partial charge in [-0.1, -0.05) is 17.7 Å². The molecule has 2 aromatic rings. The van der Waals surface area contributed by atoms with E-state index in [2.05, 4.69) is 15.0 Å². The van der Waals surface area contributed by atoms with Crippen molar-refractivity contribution in [3.63, 3.8) is 0 Å². The van der Waals surface area contributed by atoms with Crippen molar-refractivity contribution in [2.75, 3.05) is 5.73 Å². The molecule has 1 aromatic heterocycles. The topological polar surface area (TPSA) is 116 Å². The number of aliphatic imine (C=N–C) groups is 2. The summed E-state index contributed by atoms with van der Waals surface area (Å²) in [7, 11) is 0. The van der Waals surface area contributed by atoms with E-state index in [1.54, 1.807) is 6.07 Å². The van der Waals surface area contributed by atoms with E-state index in [9.17, 15) is 4.39 Å². The molecule has 6 N–H and O–H groups in total. The molecule has 0 atom stereocenters. The number of aromatic nitrogens is 1. The lowest BCUT2D eigenvalue weighted by atomic mass is 10.1. The number of guanidine groups is 1. The molecule has 0 bridgehead atoms. The van der Waals surface area contributed by atoms with Crippen LogP contribution in [0.4, 0.5) is 15.8 Å². The quantitative estimate of drug-likeness (QED) is 0.339. The summed E-state index contributed by atoms with van der Waals surface area (Å²) in [6, 6.07) is 7.29. The molecule has 2 rings (SSSR count). The molecule has 1 heterocycles. The highest BCUT2D eigenvalue weighted by Gasteiger charge is 2.10. The van der Waals surface area contributed by atoms with E-state index in [0.29, 0.717) is 5.69 Å². The number of rotatable bonds is 2. The Labute approximate surface area is 125 Å². The molecule has 0 unspecified atom stereocenters. The summed E-state index contributed by atoms with van der Waals surface area (Å²) in [5.74, 6) is -0.902. The van der Waals surface area contributed by atoms with E-state index in [1.807, 2.05) is 0 Å². The SMILES string of the molecule is NC(=Nc1ccnc(Cl)c1)N=C(N)c1c(N)cccc1F. The Hall–Kier alpha value is -2.67. The van der Waals surface area contributed by atoms with E-state index < -0.39 is 5.82 Å². The van der Waals surface area contributed by atoms with Gasteiger partial charge in [0.25, 0.3) is 0 Å². The number of benzene rings is 1. The van der Waals surface area contributed by atoms with Crippen molar-refractivity contribution in [3.05, 3.63) is 53.1 Å². The molecule has 108 valence electrons. The van der Waals surface area contributed by atoms with Crippen LogP contribution in [0.3, 0.4) is 0 Å². The first-order valence-corrected chi connectivity index (χ1v) is 6.19. The second-order valence-corrected chi connectivity index (χ2v) is 4.40. The number of nitrogens with two attached hydrogens (primary N) is 3. The number of nitrogen functional groups attached to an aromatic ring is 1. The Morgan fingerprint density at radius 3 is 2.67 bits per heavy atom. The standard InChI is InChI=1S/C13H12ClFN6/c14-10-6-7(4-5-19-10)20-13(18)21-12(17)11-8(15)2-1-3-9(11)16/h1-6H,16H2,(H4,17,18,19,20,21). The highest BCUT2D eigenvalue weighted by molar-refractivity contribution is 6.29. The second kappa shape index (κ2) is 6.19. The molecular formula is C13H12ClFN6. The third-order valence-electron chi connectivity index (χ3n) is 2.49. The lowest BCUT2D eigenvalue weighted by Crippen LogP contribution is -2.22. The van der Waals surface area contributed by atoms with Crippen LogP contribution in [-0.4, -0.2) is 16.8 Å². The third-order valence-corrected chi connectivity index (χ3v) is 2.70. The van der Waals surface area contributed by atoms with Crippen molar-refractivity contribution in [3.8, 4) is 0 Å². The molecule has 0 aliphatic heterocycles. The number of anilines is 1. The van der Waals surface area contributed by atoms with Crippen LogP contribution in [0, 0.1) is 5.82 Å². The van der Waals surface area contributed by atoms with Crippen LogP contribution in [0.5, 0.6) is 0 Å². The summed E-state index contributed by atoms with van der Waals surface area (Å²) in [6.45, 7) is 0. The molecule has 21 heavy (non-hydrogen) atoms. The van der Waals surface area contributed by atoms with Gasteiger partial charge in [0.05, 0.1) is 11.3 Å². The maximum Gasteiger partial charge on any atom is 0.222 e. The van der Waals surface area contributed by atoms with Crippen LogP contribution in [-0.2, 0) is 0 Å². The normalized spacial score (nSPS) is 12.5. The second-order valence-electron chi connectivity index (χ2n) is 4.01. The minimum atomic E-state index is -0.587. The van der Waals surface area contributed by atoms with Crippen molar-refractivity contribution in [1.82, 2.24) is 4.98 Å². The van der Waals surface area contributed by atoms with Gasteiger partial charge in [-0.05, 0) is 18.2 Å². The first-order valence-electron chi connectivity index (χ1n) is 5.81. The molecule has 8 heteroatoms. The zero-order valence-electron chi connectivity index (χ0n) is 10.8. The zero-order valence-corrected chi connectivity index (χ0v) is 11.5. The number of halogens is 2. The van der Waals surface area contributed by atoms with Gasteiger partial charge in [0, 0.05) is 18.0 Å². The molecule has 0 saturated heterocycles. The predicted molar refractivity (Wildman–Crippen MR) is 82.1 cm³/mol. The fourth-order valence-corrected chi connectivity index (χ4v) is 1.78.